The van der Waals surface area contributed by atoms with E-state index in [1.807, 2.05) is 11.3 Å². The van der Waals surface area contributed by atoms with Gasteiger partial charge in [0.25, 0.3) is 0 Å². The predicted molar refractivity (Wildman–Crippen MR) is 77.7 cm³/mol. The molecule has 1 saturated heterocycles. The van der Waals surface area contributed by atoms with Crippen LogP contribution in [0.2, 0.25) is 0 Å². The van der Waals surface area contributed by atoms with Gasteiger partial charge in [0.15, 0.2) is 0 Å². The number of hydrogen-bond donors (Lipinski definition) is 1. The predicted octanol–water partition coefficient (Wildman–Crippen LogP) is 2.93. The summed E-state index contributed by atoms with van der Waals surface area (Å²) in [5, 5.41) is 1.26. The number of aryl methyl sites for hydroxylation is 1. The van der Waals surface area contributed by atoms with Crippen LogP contribution in [0, 0.1) is 0 Å². The van der Waals surface area contributed by atoms with Crippen LogP contribution in [-0.2, 0) is 19.5 Å². The fraction of sp³-hybridized carbons (Fsp3) is 0.786. The van der Waals surface area contributed by atoms with E-state index in [1.165, 1.54) is 54.4 Å². The molecular formula is C14H25N3S. The third kappa shape index (κ3) is 3.77. The molecule has 1 aromatic rings. The van der Waals surface area contributed by atoms with E-state index >= 15 is 0 Å². The van der Waals surface area contributed by atoms with E-state index in [9.17, 15) is 0 Å². The Labute approximate surface area is 114 Å². The lowest BCUT2D eigenvalue weighted by atomic mass is 10.2. The third-order valence-corrected chi connectivity index (χ3v) is 4.66. The Hall–Kier alpha value is -0.450. The Morgan fingerprint density at radius 1 is 1.22 bits per heavy atom. The first-order chi connectivity index (χ1) is 8.83. The number of thiazole rings is 1. The van der Waals surface area contributed by atoms with Crippen molar-refractivity contribution >= 4 is 11.3 Å². The third-order valence-electron chi connectivity index (χ3n) is 3.55. The average Bonchev–Trinajstić information content (AvgIpc) is 2.58. The van der Waals surface area contributed by atoms with Crippen molar-refractivity contribution in [3.05, 3.63) is 15.6 Å². The number of likely N-dealkylation sites (tertiary alicyclic amines) is 1. The molecular weight excluding hydrogens is 242 g/mol. The van der Waals surface area contributed by atoms with E-state index in [0.29, 0.717) is 6.54 Å². The van der Waals surface area contributed by atoms with E-state index < -0.39 is 0 Å². The molecule has 0 aromatic carbocycles. The quantitative estimate of drug-likeness (QED) is 0.892. The molecule has 0 saturated carbocycles. The first-order valence-electron chi connectivity index (χ1n) is 7.23. The van der Waals surface area contributed by atoms with E-state index in [1.54, 1.807) is 0 Å². The van der Waals surface area contributed by atoms with Crippen molar-refractivity contribution in [2.75, 3.05) is 13.1 Å². The van der Waals surface area contributed by atoms with Gasteiger partial charge in [-0.05, 0) is 32.4 Å². The summed E-state index contributed by atoms with van der Waals surface area (Å²) in [7, 11) is 0. The maximum Gasteiger partial charge on any atom is 0.107 e. The molecule has 2 rings (SSSR count). The highest BCUT2D eigenvalue weighted by molar-refractivity contribution is 7.11. The molecule has 1 aromatic heterocycles. The average molecular weight is 267 g/mol. The topological polar surface area (TPSA) is 42.2 Å². The number of nitrogens with two attached hydrogens (primary N) is 1. The summed E-state index contributed by atoms with van der Waals surface area (Å²) >= 11 is 1.82. The highest BCUT2D eigenvalue weighted by Gasteiger charge is 2.14. The van der Waals surface area contributed by atoms with Gasteiger partial charge in [-0.3, -0.25) is 4.90 Å². The van der Waals surface area contributed by atoms with Crippen LogP contribution in [-0.4, -0.2) is 23.0 Å². The van der Waals surface area contributed by atoms with Crippen molar-refractivity contribution < 1.29 is 0 Å². The molecule has 0 bridgehead atoms. The summed E-state index contributed by atoms with van der Waals surface area (Å²) < 4.78 is 0. The van der Waals surface area contributed by atoms with Crippen LogP contribution in [0.5, 0.6) is 0 Å². The fourth-order valence-corrected chi connectivity index (χ4v) is 3.62. The van der Waals surface area contributed by atoms with E-state index in [-0.39, 0.29) is 0 Å². The Morgan fingerprint density at radius 3 is 2.56 bits per heavy atom. The van der Waals surface area contributed by atoms with Crippen molar-refractivity contribution in [3.8, 4) is 0 Å². The van der Waals surface area contributed by atoms with Crippen molar-refractivity contribution in [2.24, 2.45) is 5.73 Å². The van der Waals surface area contributed by atoms with Gasteiger partial charge in [0.05, 0.1) is 12.2 Å². The molecule has 102 valence electrons. The molecule has 0 atom stereocenters. The Bertz CT molecular complexity index is 354. The molecule has 18 heavy (non-hydrogen) atoms. The summed E-state index contributed by atoms with van der Waals surface area (Å²) in [6, 6.07) is 0. The second-order valence-corrected chi connectivity index (χ2v) is 6.29. The van der Waals surface area contributed by atoms with E-state index in [4.69, 9.17) is 10.7 Å². The van der Waals surface area contributed by atoms with E-state index in [0.717, 1.165) is 19.4 Å². The number of nitrogens with zero attached hydrogens (tertiary/aromatic N) is 2. The summed E-state index contributed by atoms with van der Waals surface area (Å²) in [5.41, 5.74) is 7.05. The minimum absolute atomic E-state index is 0.646. The summed E-state index contributed by atoms with van der Waals surface area (Å²) in [5.74, 6) is 0. The van der Waals surface area contributed by atoms with Crippen LogP contribution in [0.3, 0.4) is 0 Å². The Balaban J connectivity index is 1.99. The van der Waals surface area contributed by atoms with Crippen molar-refractivity contribution in [1.29, 1.82) is 0 Å². The van der Waals surface area contributed by atoms with Gasteiger partial charge in [0, 0.05) is 11.4 Å². The lowest BCUT2D eigenvalue weighted by Gasteiger charge is -2.17. The van der Waals surface area contributed by atoms with Crippen LogP contribution < -0.4 is 5.73 Å². The Kier molecular flexibility index (Phi) is 5.60. The van der Waals surface area contributed by atoms with Crippen LogP contribution in [0.1, 0.15) is 54.6 Å². The lowest BCUT2D eigenvalue weighted by Crippen LogP contribution is -2.23. The molecule has 1 aliphatic rings. The molecule has 2 heterocycles. The standard InChI is InChI=1S/C14H25N3S/c1-2-7-12-13(10-15)18-14(16-12)11-17-8-5-3-4-6-9-17/h2-11,15H2,1H3. The first kappa shape index (κ1) is 14.0. The Morgan fingerprint density at radius 2 is 1.94 bits per heavy atom. The molecule has 1 aliphatic heterocycles. The highest BCUT2D eigenvalue weighted by atomic mass is 32.1. The fourth-order valence-electron chi connectivity index (χ4n) is 2.58. The normalized spacial score (nSPS) is 17.9. The number of hydrogen-bond acceptors (Lipinski definition) is 4. The number of rotatable bonds is 5. The maximum absolute atomic E-state index is 5.81. The van der Waals surface area contributed by atoms with Crippen molar-refractivity contribution in [2.45, 2.75) is 58.5 Å². The van der Waals surface area contributed by atoms with Crippen LogP contribution in [0.15, 0.2) is 0 Å². The van der Waals surface area contributed by atoms with Gasteiger partial charge in [-0.1, -0.05) is 26.2 Å². The largest absolute Gasteiger partial charge is 0.326 e. The maximum atomic E-state index is 5.81. The minimum Gasteiger partial charge on any atom is -0.326 e. The summed E-state index contributed by atoms with van der Waals surface area (Å²) in [6.07, 6.45) is 7.70. The zero-order chi connectivity index (χ0) is 12.8. The van der Waals surface area contributed by atoms with Gasteiger partial charge >= 0.3 is 0 Å². The molecule has 4 heteroatoms. The van der Waals surface area contributed by atoms with Gasteiger partial charge in [-0.15, -0.1) is 11.3 Å². The molecule has 3 nitrogen and oxygen atoms in total. The molecule has 0 radical (unpaired) electrons. The molecule has 0 spiro atoms. The van der Waals surface area contributed by atoms with Gasteiger partial charge in [-0.2, -0.15) is 0 Å². The molecule has 0 amide bonds. The van der Waals surface area contributed by atoms with Gasteiger partial charge in [0.1, 0.15) is 5.01 Å². The van der Waals surface area contributed by atoms with Crippen LogP contribution in [0.4, 0.5) is 0 Å². The zero-order valence-electron chi connectivity index (χ0n) is 11.5. The second-order valence-electron chi connectivity index (χ2n) is 5.12. The number of aromatic nitrogens is 1. The van der Waals surface area contributed by atoms with Crippen molar-refractivity contribution in [1.82, 2.24) is 9.88 Å². The zero-order valence-corrected chi connectivity index (χ0v) is 12.3. The summed E-state index contributed by atoms with van der Waals surface area (Å²) in [4.78, 5) is 8.64. The lowest BCUT2D eigenvalue weighted by molar-refractivity contribution is 0.276. The second kappa shape index (κ2) is 7.22. The minimum atomic E-state index is 0.646. The van der Waals surface area contributed by atoms with Crippen LogP contribution in [0.25, 0.3) is 0 Å². The van der Waals surface area contributed by atoms with Gasteiger partial charge in [-0.25, -0.2) is 4.98 Å². The van der Waals surface area contributed by atoms with Gasteiger partial charge in [0.2, 0.25) is 0 Å². The molecule has 0 unspecified atom stereocenters. The van der Waals surface area contributed by atoms with Crippen molar-refractivity contribution in [3.63, 3.8) is 0 Å². The molecule has 0 aliphatic carbocycles. The monoisotopic (exact) mass is 267 g/mol. The molecule has 1 fully saturated rings. The van der Waals surface area contributed by atoms with Gasteiger partial charge < -0.3 is 5.73 Å². The first-order valence-corrected chi connectivity index (χ1v) is 8.05. The molecule has 2 N–H and O–H groups in total. The van der Waals surface area contributed by atoms with E-state index in [2.05, 4.69) is 11.8 Å². The smallest absolute Gasteiger partial charge is 0.107 e. The summed E-state index contributed by atoms with van der Waals surface area (Å²) in [6.45, 7) is 6.35. The van der Waals surface area contributed by atoms with Crippen LogP contribution >= 0.6 is 11.3 Å². The SMILES string of the molecule is CCCc1nc(CN2CCCCCC2)sc1CN. The highest BCUT2D eigenvalue weighted by Crippen LogP contribution is 2.22.